The van der Waals surface area contributed by atoms with Gasteiger partial charge in [-0.25, -0.2) is 0 Å². The van der Waals surface area contributed by atoms with Crippen LogP contribution in [0.3, 0.4) is 0 Å². The van der Waals surface area contributed by atoms with E-state index in [4.69, 9.17) is 47.4 Å². The summed E-state index contributed by atoms with van der Waals surface area (Å²) in [5.74, 6) is -14.6. The van der Waals surface area contributed by atoms with Crippen LogP contribution in [0.25, 0.3) is 0 Å². The Morgan fingerprint density at radius 2 is 0.694 bits per heavy atom. The van der Waals surface area contributed by atoms with Crippen molar-refractivity contribution in [2.24, 2.45) is 0 Å². The fourth-order valence-electron chi connectivity index (χ4n) is 13.8. The van der Waals surface area contributed by atoms with Gasteiger partial charge < -0.3 is 106 Å². The minimum atomic E-state index is -1.64. The highest BCUT2D eigenvalue weighted by molar-refractivity contribution is 14.1. The summed E-state index contributed by atoms with van der Waals surface area (Å²) in [5.41, 5.74) is -6.28. The van der Waals surface area contributed by atoms with Gasteiger partial charge in [0.1, 0.15) is 87.7 Å². The van der Waals surface area contributed by atoms with Gasteiger partial charge in [-0.05, 0) is 264 Å². The molecule has 0 spiro atoms. The van der Waals surface area contributed by atoms with E-state index in [1.165, 1.54) is 0 Å². The lowest BCUT2D eigenvalue weighted by atomic mass is 10.1. The fraction of sp³-hybridized carbons (Fsp3) is 0.747. The van der Waals surface area contributed by atoms with E-state index in [2.05, 4.69) is 75.8 Å². The number of nitrogens with one attached hydrogen (secondary N) is 10. The van der Waals surface area contributed by atoms with Crippen molar-refractivity contribution in [2.75, 3.05) is 131 Å². The molecule has 144 heavy (non-hydrogen) atoms. The molecule has 1 aliphatic rings. The van der Waals surface area contributed by atoms with E-state index in [0.717, 1.165) is 9.13 Å². The number of hydrogen-bond donors (Lipinski definition) is 11. The molecule has 0 aliphatic carbocycles. The van der Waals surface area contributed by atoms with Crippen molar-refractivity contribution in [2.45, 2.75) is 350 Å². The lowest BCUT2D eigenvalue weighted by molar-refractivity contribution is -0.163. The molecular formula is C99H165IN14O30. The highest BCUT2D eigenvalue weighted by atomic mass is 127. The molecule has 10 amide bonds. The molecule has 0 bridgehead atoms. The molecule has 44 nitrogen and oxygen atoms in total. The molecule has 6 atom stereocenters. The highest BCUT2D eigenvalue weighted by Gasteiger charge is 2.38. The van der Waals surface area contributed by atoms with Crippen molar-refractivity contribution in [3.05, 3.63) is 33.4 Å². The SMILES string of the molecule is CC(C)(C)OC(=O)CC[C@@H](NC(=O)COCCOCCNC(=O)[C@@H](CCCCNC(=O)CNC(=O)[C@H](CC(=O)OC(C)(C)C)NC(=O)CNC(=O)CC[C@H](C(=O)OC(C)(C)C)N1CCN(CC(=O)OC(C)(C)C)CCN(CC(=O)OC(C)(C)C)CCN(CC(=O)OC(C)(C)C)CC1)NC(=O)CCCc1ccc(I)cc1)C(=O)N[C@H](CCC(=O)OC(C)(C)C)C(=O)N[C@H](CCC(=O)OC(C)(C)C)C(=O)NCCC(=O)O. The summed E-state index contributed by atoms with van der Waals surface area (Å²) in [7, 11) is 0. The number of unbranched alkanes of at least 4 members (excludes halogenated alkanes) is 1. The van der Waals surface area contributed by atoms with Crippen LogP contribution in [0.4, 0.5) is 0 Å². The zero-order valence-electron chi connectivity index (χ0n) is 89.2. The number of aliphatic carboxylic acids is 1. The van der Waals surface area contributed by atoms with Gasteiger partial charge in [-0.3, -0.25) is 111 Å². The molecule has 11 N–H and O–H groups in total. The Hall–Kier alpha value is -10.4. The quantitative estimate of drug-likeness (QED) is 0.0189. The number of hydrogen-bond acceptors (Lipinski definition) is 33. The van der Waals surface area contributed by atoms with E-state index < -0.39 is 252 Å². The molecule has 0 unspecified atom stereocenters. The Kier molecular flexibility index (Phi) is 57.0. The summed E-state index contributed by atoms with van der Waals surface area (Å²) in [6, 6.07) is -0.715. The van der Waals surface area contributed by atoms with E-state index in [1.807, 2.05) is 43.9 Å². The minimum Gasteiger partial charge on any atom is -0.481 e. The number of aryl methyl sites for hydroxylation is 1. The second-order valence-electron chi connectivity index (χ2n) is 43.1. The van der Waals surface area contributed by atoms with Crippen molar-refractivity contribution < 1.29 is 144 Å². The van der Waals surface area contributed by atoms with E-state index in [1.54, 1.807) is 166 Å². The number of amides is 10. The number of rotatable bonds is 56. The lowest BCUT2D eigenvalue weighted by Gasteiger charge is -2.37. The van der Waals surface area contributed by atoms with Gasteiger partial charge in [0, 0.05) is 108 Å². The van der Waals surface area contributed by atoms with E-state index in [-0.39, 0.29) is 163 Å². The Labute approximate surface area is 861 Å². The molecule has 0 aromatic heterocycles. The fourth-order valence-corrected chi connectivity index (χ4v) is 14.1. The largest absolute Gasteiger partial charge is 0.481 e. The van der Waals surface area contributed by atoms with Crippen LogP contribution in [0.15, 0.2) is 24.3 Å². The third-order valence-electron chi connectivity index (χ3n) is 19.8. The van der Waals surface area contributed by atoms with Crippen molar-refractivity contribution in [3.63, 3.8) is 0 Å². The Balaban J connectivity index is 2.29. The van der Waals surface area contributed by atoms with E-state index >= 15 is 0 Å². The highest BCUT2D eigenvalue weighted by Crippen LogP contribution is 2.22. The molecular weight excluding hydrogens is 1990 g/mol. The average molecular weight is 2160 g/mol. The predicted octanol–water partition coefficient (Wildman–Crippen LogP) is 4.13. The average Bonchev–Trinajstić information content (AvgIpc) is 0.816. The zero-order chi connectivity index (χ0) is 109. The lowest BCUT2D eigenvalue weighted by Crippen LogP contribution is -2.57. The molecule has 2 rings (SSSR count). The molecule has 1 aliphatic heterocycles. The van der Waals surface area contributed by atoms with E-state index in [0.29, 0.717) is 12.8 Å². The summed E-state index contributed by atoms with van der Waals surface area (Å²) in [6.45, 7) is 38.4. The van der Waals surface area contributed by atoms with Crippen LogP contribution in [0.1, 0.15) is 268 Å². The van der Waals surface area contributed by atoms with Crippen LogP contribution < -0.4 is 53.2 Å². The smallest absolute Gasteiger partial charge is 0.323 e. The summed E-state index contributed by atoms with van der Waals surface area (Å²) in [6.07, 6.45) is -2.39. The molecule has 1 saturated heterocycles. The summed E-state index contributed by atoms with van der Waals surface area (Å²) >= 11 is 2.19. The van der Waals surface area contributed by atoms with Gasteiger partial charge in [0.25, 0.3) is 0 Å². The van der Waals surface area contributed by atoms with Gasteiger partial charge in [-0.1, -0.05) is 12.1 Å². The topological polar surface area (TPSA) is 570 Å². The van der Waals surface area contributed by atoms with Crippen molar-refractivity contribution in [1.29, 1.82) is 0 Å². The minimum absolute atomic E-state index is 0.0250. The van der Waals surface area contributed by atoms with Crippen molar-refractivity contribution in [3.8, 4) is 0 Å². The summed E-state index contributed by atoms with van der Waals surface area (Å²) < 4.78 is 57.1. The van der Waals surface area contributed by atoms with Crippen LogP contribution in [0, 0.1) is 3.57 Å². The van der Waals surface area contributed by atoms with Gasteiger partial charge in [-0.2, -0.15) is 0 Å². The molecule has 1 aromatic rings. The summed E-state index contributed by atoms with van der Waals surface area (Å²) in [5, 5.41) is 34.8. The first-order valence-corrected chi connectivity index (χ1v) is 50.2. The van der Waals surface area contributed by atoms with Crippen molar-refractivity contribution in [1.82, 2.24) is 72.8 Å². The number of carbonyl (C=O) groups is 19. The van der Waals surface area contributed by atoms with Crippen LogP contribution >= 0.6 is 22.6 Å². The number of carboxylic acids is 1. The number of nitrogens with zero attached hydrogens (tertiary/aromatic N) is 4. The molecule has 1 fully saturated rings. The number of carbonyl (C=O) groups excluding carboxylic acids is 18. The Morgan fingerprint density at radius 1 is 0.319 bits per heavy atom. The van der Waals surface area contributed by atoms with Crippen LogP contribution in [0.2, 0.25) is 0 Å². The molecule has 0 radical (unpaired) electrons. The van der Waals surface area contributed by atoms with Gasteiger partial charge >= 0.3 is 53.7 Å². The number of halogens is 1. The first-order valence-electron chi connectivity index (χ1n) is 49.1. The number of ether oxygens (including phenoxy) is 10. The molecule has 818 valence electrons. The maximum absolute atomic E-state index is 14.5. The van der Waals surface area contributed by atoms with Gasteiger partial charge in [-0.15, -0.1) is 0 Å². The Bertz CT molecular complexity index is 4300. The number of benzene rings is 1. The van der Waals surface area contributed by atoms with Gasteiger partial charge in [0.05, 0.1) is 65.4 Å². The normalized spacial score (nSPS) is 14.9. The second-order valence-corrected chi connectivity index (χ2v) is 44.3. The van der Waals surface area contributed by atoms with Gasteiger partial charge in [0.2, 0.25) is 59.1 Å². The van der Waals surface area contributed by atoms with Crippen LogP contribution in [0.5, 0.6) is 0 Å². The second kappa shape index (κ2) is 63.2. The third kappa shape index (κ3) is 65.9. The molecule has 0 saturated carbocycles. The van der Waals surface area contributed by atoms with Crippen LogP contribution in [-0.2, 0) is 145 Å². The van der Waals surface area contributed by atoms with E-state index in [9.17, 15) is 96.2 Å². The predicted molar refractivity (Wildman–Crippen MR) is 538 cm³/mol. The summed E-state index contributed by atoms with van der Waals surface area (Å²) in [4.78, 5) is 264. The third-order valence-corrected chi connectivity index (χ3v) is 20.5. The molecule has 1 aromatic carbocycles. The van der Waals surface area contributed by atoms with Crippen LogP contribution in [-0.4, -0.2) is 350 Å². The maximum atomic E-state index is 14.5. The van der Waals surface area contributed by atoms with Crippen molar-refractivity contribution >= 4 is 135 Å². The number of carboxylic acid groups (broad SMARTS) is 1. The monoisotopic (exact) mass is 2160 g/mol. The first kappa shape index (κ1) is 130. The molecule has 45 heteroatoms. The number of esters is 8. The molecule has 1 heterocycles. The first-order chi connectivity index (χ1) is 66.5. The standard InChI is InChI=1S/C99H165IN14O30/c1-92(2,3)137-79(122)40-35-68(87(130)102-45-43-78(120)121)109-90(133)70(37-42-81(124)139-94(7,8)9)110-89(132)69(36-41-80(123)138-93(4,5)6)107-77(119)64-136-57-56-135-55-46-103-86(129)67(106-74(116)30-27-28-65-31-33-66(100)34-32-65)29-25-26-44-101-75(117)59-105-88(131)71(58-82(125)140-95(10,11)12)108-76(118)60-104-73(115)39-38-72(91(134)144-99(22,23)24)114-53-51-112(62-84(127)142-97(16,17)18)49-47-111(61-83(126)141-96(13,14)15)48-50-113(52-54-114)63-85(128)143-98(19,20)21/h31-34,67-72H,25-30,35-64H2,1-24H3,(H,101,117)(H,102,130)(H,103,129)(H,104,115)(H,105,131)(H,106,116)(H,107,119)(H,108,118)(H,109,133)(H,110,132)(H,120,121)/t67-,68-,69-,70-,71+,72-/m1/s1. The van der Waals surface area contributed by atoms with Gasteiger partial charge in [0.15, 0.2) is 0 Å². The zero-order valence-corrected chi connectivity index (χ0v) is 91.3. The maximum Gasteiger partial charge on any atom is 0.323 e. The Morgan fingerprint density at radius 3 is 1.14 bits per heavy atom.